The first-order valence-electron chi connectivity index (χ1n) is 11.9. The molecule has 2 aromatic rings. The second kappa shape index (κ2) is 13.2. The number of methoxy groups -OCH3 is 1. The molecule has 0 saturated heterocycles. The standard InChI is InChI=1S/C26H34FN3O6S/c1-7-18(16-9-11-17(27)12-10-16)21(31)30-23-19(24(33)35-6)15(2)20(37-23)22(32)28-13-8-14-29-25(34)36-26(3,4)5/h9-12,18H,7-8,13-14H2,1-6H3,(H,28,32)(H,29,34)(H,30,31). The summed E-state index contributed by atoms with van der Waals surface area (Å²) in [5, 5.41) is 8.33. The molecule has 1 atom stereocenters. The molecule has 0 spiro atoms. The molecular weight excluding hydrogens is 501 g/mol. The molecule has 0 bridgehead atoms. The topological polar surface area (TPSA) is 123 Å². The van der Waals surface area contributed by atoms with Gasteiger partial charge in [-0.3, -0.25) is 9.59 Å². The molecule has 3 N–H and O–H groups in total. The van der Waals surface area contributed by atoms with Crippen LogP contribution in [-0.2, 0) is 14.3 Å². The minimum Gasteiger partial charge on any atom is -0.465 e. The predicted octanol–water partition coefficient (Wildman–Crippen LogP) is 4.76. The van der Waals surface area contributed by atoms with E-state index in [1.807, 2.05) is 6.92 Å². The highest BCUT2D eigenvalue weighted by Crippen LogP contribution is 2.35. The van der Waals surface area contributed by atoms with Gasteiger partial charge in [-0.15, -0.1) is 11.3 Å². The van der Waals surface area contributed by atoms with Crippen molar-refractivity contribution in [1.82, 2.24) is 10.6 Å². The summed E-state index contributed by atoms with van der Waals surface area (Å²) in [5.41, 5.74) is 0.514. The number of carbonyl (C=O) groups excluding carboxylic acids is 4. The Labute approximate surface area is 220 Å². The largest absolute Gasteiger partial charge is 0.465 e. The molecule has 0 fully saturated rings. The number of ether oxygens (including phenoxy) is 2. The van der Waals surface area contributed by atoms with Crippen LogP contribution >= 0.6 is 11.3 Å². The Morgan fingerprint density at radius 2 is 1.68 bits per heavy atom. The van der Waals surface area contributed by atoms with Gasteiger partial charge in [-0.05, 0) is 63.8 Å². The minimum absolute atomic E-state index is 0.103. The normalized spacial score (nSPS) is 11.9. The molecule has 0 aliphatic rings. The van der Waals surface area contributed by atoms with Gasteiger partial charge < -0.3 is 25.4 Å². The lowest BCUT2D eigenvalue weighted by molar-refractivity contribution is -0.117. The maximum absolute atomic E-state index is 13.3. The van der Waals surface area contributed by atoms with Crippen LogP contribution in [0.25, 0.3) is 0 Å². The summed E-state index contributed by atoms with van der Waals surface area (Å²) in [4.78, 5) is 50.4. The highest BCUT2D eigenvalue weighted by atomic mass is 32.1. The average molecular weight is 536 g/mol. The molecule has 9 nitrogen and oxygen atoms in total. The van der Waals surface area contributed by atoms with Crippen molar-refractivity contribution < 1.29 is 33.0 Å². The maximum atomic E-state index is 13.3. The van der Waals surface area contributed by atoms with Crippen LogP contribution in [0.2, 0.25) is 0 Å². The summed E-state index contributed by atoms with van der Waals surface area (Å²) >= 11 is 0.972. The van der Waals surface area contributed by atoms with Crippen LogP contribution < -0.4 is 16.0 Å². The molecule has 2 rings (SSSR count). The fourth-order valence-electron chi connectivity index (χ4n) is 3.51. The number of hydrogen-bond donors (Lipinski definition) is 3. The molecule has 1 aromatic carbocycles. The van der Waals surface area contributed by atoms with Gasteiger partial charge in [0.05, 0.1) is 23.5 Å². The van der Waals surface area contributed by atoms with Crippen LogP contribution in [0.4, 0.5) is 14.2 Å². The molecule has 1 heterocycles. The Balaban J connectivity index is 2.10. The number of carbonyl (C=O) groups is 4. The molecule has 1 unspecified atom stereocenters. The number of benzene rings is 1. The van der Waals surface area contributed by atoms with Crippen molar-refractivity contribution in [3.8, 4) is 0 Å². The Bertz CT molecular complexity index is 1120. The Kier molecular flexibility index (Phi) is 10.6. The van der Waals surface area contributed by atoms with Gasteiger partial charge in [0, 0.05) is 13.1 Å². The van der Waals surface area contributed by atoms with Crippen molar-refractivity contribution in [2.45, 2.75) is 59.0 Å². The van der Waals surface area contributed by atoms with Crippen LogP contribution in [0.15, 0.2) is 24.3 Å². The van der Waals surface area contributed by atoms with Gasteiger partial charge in [0.1, 0.15) is 16.4 Å². The third kappa shape index (κ3) is 8.56. The van der Waals surface area contributed by atoms with Crippen LogP contribution in [-0.4, -0.2) is 49.7 Å². The number of hydrogen-bond acceptors (Lipinski definition) is 7. The quantitative estimate of drug-likeness (QED) is 0.298. The molecule has 37 heavy (non-hydrogen) atoms. The number of thiophene rings is 1. The Morgan fingerprint density at radius 1 is 1.05 bits per heavy atom. The molecule has 202 valence electrons. The summed E-state index contributed by atoms with van der Waals surface area (Å²) in [7, 11) is 1.22. The Morgan fingerprint density at radius 3 is 2.24 bits per heavy atom. The third-order valence-electron chi connectivity index (χ3n) is 5.28. The van der Waals surface area contributed by atoms with E-state index in [-0.39, 0.29) is 27.9 Å². The first-order chi connectivity index (χ1) is 17.4. The number of anilines is 1. The van der Waals surface area contributed by atoms with Gasteiger partial charge in [-0.25, -0.2) is 14.0 Å². The van der Waals surface area contributed by atoms with Crippen LogP contribution in [0, 0.1) is 12.7 Å². The van der Waals surface area contributed by atoms with Crippen LogP contribution in [0.3, 0.4) is 0 Å². The SMILES string of the molecule is CCC(C(=O)Nc1sc(C(=O)NCCCNC(=O)OC(C)(C)C)c(C)c1C(=O)OC)c1ccc(F)cc1. The predicted molar refractivity (Wildman–Crippen MR) is 140 cm³/mol. The number of esters is 1. The van der Waals surface area contributed by atoms with Crippen LogP contribution in [0.5, 0.6) is 0 Å². The van der Waals surface area contributed by atoms with Crippen molar-refractivity contribution >= 4 is 40.2 Å². The average Bonchev–Trinajstić information content (AvgIpc) is 3.14. The number of alkyl carbamates (subject to hydrolysis) is 1. The zero-order valence-electron chi connectivity index (χ0n) is 22.0. The summed E-state index contributed by atoms with van der Waals surface area (Å²) in [5.74, 6) is -2.48. The monoisotopic (exact) mass is 535 g/mol. The van der Waals surface area contributed by atoms with Gasteiger partial charge in [-0.1, -0.05) is 19.1 Å². The van der Waals surface area contributed by atoms with E-state index in [0.29, 0.717) is 30.5 Å². The van der Waals surface area contributed by atoms with E-state index in [2.05, 4.69) is 16.0 Å². The number of amides is 3. The van der Waals surface area contributed by atoms with Gasteiger partial charge >= 0.3 is 12.1 Å². The molecular formula is C26H34FN3O6S. The maximum Gasteiger partial charge on any atom is 0.407 e. The summed E-state index contributed by atoms with van der Waals surface area (Å²) in [6.45, 7) is 9.29. The van der Waals surface area contributed by atoms with Gasteiger partial charge in [-0.2, -0.15) is 0 Å². The van der Waals surface area contributed by atoms with E-state index in [1.54, 1.807) is 39.8 Å². The fraction of sp³-hybridized carbons (Fsp3) is 0.462. The van der Waals surface area contributed by atoms with Crippen molar-refractivity contribution in [2.24, 2.45) is 0 Å². The molecule has 3 amide bonds. The van der Waals surface area contributed by atoms with E-state index in [0.717, 1.165) is 11.3 Å². The summed E-state index contributed by atoms with van der Waals surface area (Å²) in [6, 6.07) is 5.65. The van der Waals surface area contributed by atoms with Crippen molar-refractivity contribution in [2.75, 3.05) is 25.5 Å². The van der Waals surface area contributed by atoms with Crippen LogP contribution in [0.1, 0.15) is 77.6 Å². The van der Waals surface area contributed by atoms with Gasteiger partial charge in [0.2, 0.25) is 5.91 Å². The van der Waals surface area contributed by atoms with Crippen molar-refractivity contribution in [3.63, 3.8) is 0 Å². The van der Waals surface area contributed by atoms with Gasteiger partial charge in [0.25, 0.3) is 5.91 Å². The van der Waals surface area contributed by atoms with Gasteiger partial charge in [0.15, 0.2) is 0 Å². The van der Waals surface area contributed by atoms with E-state index < -0.39 is 35.3 Å². The molecule has 0 aliphatic carbocycles. The highest BCUT2D eigenvalue weighted by Gasteiger charge is 2.28. The highest BCUT2D eigenvalue weighted by molar-refractivity contribution is 7.18. The zero-order valence-corrected chi connectivity index (χ0v) is 22.8. The second-order valence-electron chi connectivity index (χ2n) is 9.29. The molecule has 0 radical (unpaired) electrons. The molecule has 0 aliphatic heterocycles. The van der Waals surface area contributed by atoms with E-state index in [9.17, 15) is 23.6 Å². The van der Waals surface area contributed by atoms with E-state index in [4.69, 9.17) is 9.47 Å². The smallest absolute Gasteiger partial charge is 0.407 e. The first-order valence-corrected chi connectivity index (χ1v) is 12.7. The molecule has 0 saturated carbocycles. The second-order valence-corrected chi connectivity index (χ2v) is 10.3. The first kappa shape index (κ1) is 29.8. The molecule has 1 aromatic heterocycles. The van der Waals surface area contributed by atoms with Crippen molar-refractivity contribution in [3.05, 3.63) is 51.7 Å². The number of rotatable bonds is 10. The van der Waals surface area contributed by atoms with E-state index in [1.165, 1.54) is 19.2 Å². The minimum atomic E-state index is -0.681. The molecule has 11 heteroatoms. The summed E-state index contributed by atoms with van der Waals surface area (Å²) in [6.07, 6.45) is 0.362. The lowest BCUT2D eigenvalue weighted by Crippen LogP contribution is -2.34. The fourth-order valence-corrected chi connectivity index (χ4v) is 4.62. The number of nitrogens with one attached hydrogen (secondary N) is 3. The zero-order chi connectivity index (χ0) is 27.8. The van der Waals surface area contributed by atoms with E-state index >= 15 is 0 Å². The van der Waals surface area contributed by atoms with Crippen molar-refractivity contribution in [1.29, 1.82) is 0 Å². The summed E-state index contributed by atoms with van der Waals surface area (Å²) < 4.78 is 23.4. The lowest BCUT2D eigenvalue weighted by atomic mass is 9.95. The third-order valence-corrected chi connectivity index (χ3v) is 6.49. The number of halogens is 1. The lowest BCUT2D eigenvalue weighted by Gasteiger charge is -2.19. The Hall–Kier alpha value is -3.47.